The largest absolute Gasteiger partial charge is 0.457 e. The smallest absolute Gasteiger partial charge is 0.239 e. The third-order valence-corrected chi connectivity index (χ3v) is 7.55. The summed E-state index contributed by atoms with van der Waals surface area (Å²) in [6.45, 7) is 12.0. The van der Waals surface area contributed by atoms with E-state index in [4.69, 9.17) is 4.74 Å². The second kappa shape index (κ2) is 12.4. The average molecular weight is 578 g/mol. The predicted molar refractivity (Wildman–Crippen MR) is 161 cm³/mol. The Bertz CT molecular complexity index is 1580. The molecule has 4 aromatic rings. The second-order valence-corrected chi connectivity index (χ2v) is 11.2. The van der Waals surface area contributed by atoms with Gasteiger partial charge in [-0.2, -0.15) is 0 Å². The number of piperazine rings is 1. The van der Waals surface area contributed by atoms with Crippen LogP contribution in [0.15, 0.2) is 48.7 Å². The van der Waals surface area contributed by atoms with Crippen molar-refractivity contribution in [3.05, 3.63) is 65.9 Å². The van der Waals surface area contributed by atoms with Crippen molar-refractivity contribution in [2.24, 2.45) is 7.05 Å². The molecular weight excluding hydrogens is 540 g/mol. The number of carbonyl (C=O) groups is 1. The minimum absolute atomic E-state index is 0.0981. The molecule has 9 nitrogen and oxygen atoms in total. The first kappa shape index (κ1) is 29.4. The molecule has 1 fully saturated rings. The highest BCUT2D eigenvalue weighted by Gasteiger charge is 2.21. The quantitative estimate of drug-likeness (QED) is 0.257. The number of hydrogen-bond donors (Lipinski definition) is 2. The van der Waals surface area contributed by atoms with Gasteiger partial charge >= 0.3 is 0 Å². The van der Waals surface area contributed by atoms with Crippen LogP contribution in [0.2, 0.25) is 0 Å². The molecule has 0 atom stereocenters. The summed E-state index contributed by atoms with van der Waals surface area (Å²) in [7, 11) is 1.81. The Hall–Kier alpha value is -4.09. The van der Waals surface area contributed by atoms with Crippen LogP contribution >= 0.6 is 0 Å². The molecule has 0 bridgehead atoms. The number of hydrogen-bond acceptors (Lipinski definition) is 7. The topological polar surface area (TPSA) is 87.6 Å². The molecular formula is C31H37F2N7O2. The van der Waals surface area contributed by atoms with Crippen molar-refractivity contribution in [2.45, 2.75) is 39.7 Å². The van der Waals surface area contributed by atoms with Gasteiger partial charge in [-0.15, -0.1) is 0 Å². The molecule has 42 heavy (non-hydrogen) atoms. The summed E-state index contributed by atoms with van der Waals surface area (Å²) in [6.07, 6.45) is 1.58. The van der Waals surface area contributed by atoms with E-state index in [1.165, 1.54) is 6.07 Å². The van der Waals surface area contributed by atoms with Gasteiger partial charge in [0.2, 0.25) is 11.9 Å². The fourth-order valence-electron chi connectivity index (χ4n) is 5.08. The number of anilines is 3. The van der Waals surface area contributed by atoms with Gasteiger partial charge in [-0.3, -0.25) is 14.6 Å². The summed E-state index contributed by atoms with van der Waals surface area (Å²) in [4.78, 5) is 26.1. The molecule has 2 aromatic carbocycles. The van der Waals surface area contributed by atoms with Crippen LogP contribution in [-0.2, 0) is 11.8 Å². The molecule has 0 unspecified atom stereocenters. The first-order valence-corrected chi connectivity index (χ1v) is 14.2. The van der Waals surface area contributed by atoms with Gasteiger partial charge in [0.1, 0.15) is 29.0 Å². The van der Waals surface area contributed by atoms with Crippen LogP contribution in [0, 0.1) is 11.6 Å². The lowest BCUT2D eigenvalue weighted by Crippen LogP contribution is -2.50. The number of amides is 1. The van der Waals surface area contributed by atoms with Gasteiger partial charge < -0.3 is 19.9 Å². The number of pyridine rings is 1. The highest BCUT2D eigenvalue weighted by Crippen LogP contribution is 2.31. The van der Waals surface area contributed by atoms with Gasteiger partial charge in [-0.25, -0.2) is 18.7 Å². The van der Waals surface area contributed by atoms with Gasteiger partial charge in [-0.1, -0.05) is 13.8 Å². The predicted octanol–water partition coefficient (Wildman–Crippen LogP) is 5.87. The molecule has 1 aliphatic heterocycles. The lowest BCUT2D eigenvalue weighted by Gasteiger charge is -2.36. The summed E-state index contributed by atoms with van der Waals surface area (Å²) in [5, 5.41) is 5.87. The van der Waals surface area contributed by atoms with Crippen LogP contribution in [-0.4, -0.2) is 69.0 Å². The first-order chi connectivity index (χ1) is 20.1. The normalized spacial score (nSPS) is 14.6. The highest BCUT2D eigenvalue weighted by molar-refractivity contribution is 5.91. The third kappa shape index (κ3) is 6.69. The number of nitrogens with one attached hydrogen (secondary N) is 2. The average Bonchev–Trinajstić information content (AvgIpc) is 3.24. The monoisotopic (exact) mass is 577 g/mol. The van der Waals surface area contributed by atoms with E-state index in [0.717, 1.165) is 37.8 Å². The van der Waals surface area contributed by atoms with Crippen molar-refractivity contribution in [3.63, 3.8) is 0 Å². The third-order valence-electron chi connectivity index (χ3n) is 7.55. The number of ether oxygens (including phenoxy) is 1. The minimum atomic E-state index is -0.692. The van der Waals surface area contributed by atoms with E-state index < -0.39 is 11.6 Å². The van der Waals surface area contributed by atoms with Gasteiger partial charge in [0.15, 0.2) is 0 Å². The second-order valence-electron chi connectivity index (χ2n) is 11.2. The Balaban J connectivity index is 1.25. The lowest BCUT2D eigenvalue weighted by atomic mass is 10.0. The van der Waals surface area contributed by atoms with Crippen molar-refractivity contribution in [1.29, 1.82) is 0 Å². The summed E-state index contributed by atoms with van der Waals surface area (Å²) >= 11 is 0. The maximum atomic E-state index is 14.5. The zero-order valence-electron chi connectivity index (χ0n) is 24.6. The molecule has 1 amide bonds. The molecule has 1 saturated heterocycles. The van der Waals surface area contributed by atoms with Crippen LogP contribution in [0.1, 0.15) is 39.2 Å². The Morgan fingerprint density at radius 3 is 2.43 bits per heavy atom. The maximum absolute atomic E-state index is 14.5. The number of aromatic nitrogens is 3. The zero-order valence-corrected chi connectivity index (χ0v) is 24.6. The molecule has 2 N–H and O–H groups in total. The number of nitrogens with zero attached hydrogens (tertiary/aromatic N) is 5. The van der Waals surface area contributed by atoms with Crippen molar-refractivity contribution in [2.75, 3.05) is 43.4 Å². The molecule has 0 saturated carbocycles. The maximum Gasteiger partial charge on any atom is 0.239 e. The number of aryl methyl sites for hydroxylation is 1. The van der Waals surface area contributed by atoms with E-state index in [1.807, 2.05) is 27.0 Å². The molecule has 222 valence electrons. The lowest BCUT2D eigenvalue weighted by molar-refractivity contribution is -0.117. The summed E-state index contributed by atoms with van der Waals surface area (Å²) in [5.74, 6) is 0.376. The number of rotatable bonds is 9. The van der Waals surface area contributed by atoms with Crippen LogP contribution in [0.25, 0.3) is 11.0 Å². The molecule has 11 heteroatoms. The van der Waals surface area contributed by atoms with Gasteiger partial charge in [0, 0.05) is 63.7 Å². The molecule has 1 aliphatic rings. The van der Waals surface area contributed by atoms with Crippen LogP contribution < -0.4 is 15.4 Å². The van der Waals surface area contributed by atoms with Crippen LogP contribution in [0.3, 0.4) is 0 Å². The molecule has 2 aromatic heterocycles. The van der Waals surface area contributed by atoms with E-state index in [9.17, 15) is 13.6 Å². The molecule has 3 heterocycles. The molecule has 0 radical (unpaired) electrons. The van der Waals surface area contributed by atoms with E-state index in [-0.39, 0.29) is 17.5 Å². The molecule has 0 spiro atoms. The number of imidazole rings is 1. The first-order valence-electron chi connectivity index (χ1n) is 14.2. The van der Waals surface area contributed by atoms with Crippen molar-refractivity contribution in [1.82, 2.24) is 24.3 Å². The number of carbonyl (C=O) groups excluding carboxylic acids is 1. The Morgan fingerprint density at radius 2 is 1.71 bits per heavy atom. The van der Waals surface area contributed by atoms with E-state index in [0.29, 0.717) is 46.9 Å². The van der Waals surface area contributed by atoms with Gasteiger partial charge in [-0.05, 0) is 49.6 Å². The van der Waals surface area contributed by atoms with Crippen molar-refractivity contribution in [3.8, 4) is 11.5 Å². The van der Waals surface area contributed by atoms with Crippen molar-refractivity contribution < 1.29 is 18.3 Å². The van der Waals surface area contributed by atoms with Gasteiger partial charge in [0.05, 0.1) is 23.3 Å². The van der Waals surface area contributed by atoms with E-state index in [1.54, 1.807) is 35.0 Å². The SMILES string of the molecule is CC(C)c1cc(Nc2nc3cc(Oc4ccnc(NC(=O)CN5CCN(C(C)C)CC5)c4)ccc3n2C)c(F)cc1F. The van der Waals surface area contributed by atoms with Gasteiger partial charge in [0.25, 0.3) is 0 Å². The molecule has 0 aliphatic carbocycles. The summed E-state index contributed by atoms with van der Waals surface area (Å²) in [6, 6.07) is 11.7. The number of fused-ring (bicyclic) bond motifs is 1. The fourth-order valence-corrected chi connectivity index (χ4v) is 5.08. The standard InChI is InChI=1S/C31H37F2N7O2/c1-19(2)23-16-26(25(33)17-24(23)32)35-31-36-27-14-21(6-7-28(27)38(31)5)42-22-8-9-34-29(15-22)37-30(41)18-39-10-12-40(13-11-39)20(3)4/h6-9,14-17,19-20H,10-13,18H2,1-5H3,(H,35,36)(H,34,37,41). The minimum Gasteiger partial charge on any atom is -0.457 e. The molecule has 5 rings (SSSR count). The Labute approximate surface area is 244 Å². The van der Waals surface area contributed by atoms with E-state index in [2.05, 4.69) is 44.2 Å². The summed E-state index contributed by atoms with van der Waals surface area (Å²) in [5.41, 5.74) is 2.00. The fraction of sp³-hybridized carbons (Fsp3) is 0.387. The van der Waals surface area contributed by atoms with Crippen LogP contribution in [0.5, 0.6) is 11.5 Å². The Kier molecular flexibility index (Phi) is 8.69. The summed E-state index contributed by atoms with van der Waals surface area (Å²) < 4.78 is 36.6. The van der Waals surface area contributed by atoms with E-state index >= 15 is 0 Å². The Morgan fingerprint density at radius 1 is 0.976 bits per heavy atom. The zero-order chi connectivity index (χ0) is 30.0. The number of halogens is 2. The van der Waals surface area contributed by atoms with Crippen LogP contribution in [0.4, 0.5) is 26.2 Å². The van der Waals surface area contributed by atoms with Crippen molar-refractivity contribution >= 4 is 34.4 Å². The highest BCUT2D eigenvalue weighted by atomic mass is 19.1. The number of benzene rings is 2.